The van der Waals surface area contributed by atoms with Crippen LogP contribution in [0, 0.1) is 0 Å². The lowest BCUT2D eigenvalue weighted by Gasteiger charge is -2.48. The minimum absolute atomic E-state index is 0.0334. The van der Waals surface area contributed by atoms with E-state index in [9.17, 15) is 9.59 Å². The highest BCUT2D eigenvalue weighted by Crippen LogP contribution is 2.41. The van der Waals surface area contributed by atoms with Crippen LogP contribution < -0.4 is 5.73 Å². The fourth-order valence-electron chi connectivity index (χ4n) is 3.40. The first-order valence-corrected chi connectivity index (χ1v) is 9.01. The van der Waals surface area contributed by atoms with E-state index < -0.39 is 6.04 Å². The van der Waals surface area contributed by atoms with Crippen LogP contribution >= 0.6 is 34.4 Å². The monoisotopic (exact) mass is 408 g/mol. The van der Waals surface area contributed by atoms with Crippen LogP contribution in [-0.2, 0) is 9.59 Å². The van der Waals surface area contributed by atoms with Crippen molar-refractivity contribution >= 4 is 44.0 Å². The third-order valence-electron chi connectivity index (χ3n) is 4.49. The number of allylic oxidation sites excluding steroid dienone is 1. The van der Waals surface area contributed by atoms with Gasteiger partial charge in [0.1, 0.15) is 23.7 Å². The zero-order chi connectivity index (χ0) is 14.5. The zero-order valence-corrected chi connectivity index (χ0v) is 14.4. The van der Waals surface area contributed by atoms with Gasteiger partial charge in [-0.1, -0.05) is 0 Å². The van der Waals surface area contributed by atoms with Gasteiger partial charge in [0.25, 0.3) is 0 Å². The molecule has 0 aromatic heterocycles. The second-order valence-electron chi connectivity index (χ2n) is 6.09. The van der Waals surface area contributed by atoms with Gasteiger partial charge < -0.3 is 10.2 Å². The molecular formula is C13H19IN3O2S+. The summed E-state index contributed by atoms with van der Waals surface area (Å²) in [7, 11) is 2.25. The van der Waals surface area contributed by atoms with Crippen molar-refractivity contribution in [1.29, 1.82) is 0 Å². The molecule has 7 heteroatoms. The summed E-state index contributed by atoms with van der Waals surface area (Å²) in [6.45, 7) is 3.20. The Kier molecular flexibility index (Phi) is 3.89. The summed E-state index contributed by atoms with van der Waals surface area (Å²) >= 11 is 3.49. The molecule has 0 bridgehead atoms. The molecule has 0 spiro atoms. The Morgan fingerprint density at radius 1 is 1.50 bits per heavy atom. The number of hydrogen-bond donors (Lipinski definition) is 1. The number of hydrogen-bond acceptors (Lipinski definition) is 4. The largest absolute Gasteiger partial charge is 0.322 e. The molecule has 0 radical (unpaired) electrons. The highest BCUT2D eigenvalue weighted by molar-refractivity contribution is 14.1. The van der Waals surface area contributed by atoms with E-state index in [1.807, 2.05) is 0 Å². The van der Waals surface area contributed by atoms with Crippen molar-refractivity contribution in [3.8, 4) is 0 Å². The number of nitrogens with zero attached hydrogens (tertiary/aromatic N) is 2. The van der Waals surface area contributed by atoms with E-state index in [-0.39, 0.29) is 15.1 Å². The van der Waals surface area contributed by atoms with E-state index in [4.69, 9.17) is 5.73 Å². The number of amides is 1. The zero-order valence-electron chi connectivity index (χ0n) is 11.5. The van der Waals surface area contributed by atoms with Gasteiger partial charge in [0.2, 0.25) is 9.70 Å². The number of nitrogens with two attached hydrogens (primary N) is 1. The van der Waals surface area contributed by atoms with Gasteiger partial charge in [-0.2, -0.15) is 0 Å². The Balaban J connectivity index is 1.90. The number of likely N-dealkylation sites (N-methyl/N-ethyl adjacent to an activating group) is 1. The number of quaternary nitrogens is 1. The molecular weight excluding hydrogens is 389 g/mol. The quantitative estimate of drug-likeness (QED) is 0.323. The van der Waals surface area contributed by atoms with Crippen LogP contribution in [0.2, 0.25) is 0 Å². The molecule has 0 aliphatic carbocycles. The average molecular weight is 408 g/mol. The maximum atomic E-state index is 12.0. The Morgan fingerprint density at radius 3 is 2.75 bits per heavy atom. The summed E-state index contributed by atoms with van der Waals surface area (Å²) < 4.78 is 0.955. The second-order valence-corrected chi connectivity index (χ2v) is 8.18. The molecule has 2 saturated heterocycles. The number of carbonyl (C=O) groups is 2. The van der Waals surface area contributed by atoms with Gasteiger partial charge in [-0.3, -0.25) is 14.5 Å². The van der Waals surface area contributed by atoms with E-state index in [0.29, 0.717) is 5.70 Å². The minimum atomic E-state index is -0.441. The lowest BCUT2D eigenvalue weighted by Crippen LogP contribution is -2.68. The van der Waals surface area contributed by atoms with E-state index in [2.05, 4.69) is 7.05 Å². The molecule has 0 aromatic rings. The van der Waals surface area contributed by atoms with Crippen molar-refractivity contribution < 1.29 is 14.1 Å². The summed E-state index contributed by atoms with van der Waals surface area (Å²) in [5.41, 5.74) is 7.56. The Bertz CT molecular complexity index is 502. The van der Waals surface area contributed by atoms with Crippen molar-refractivity contribution in [2.45, 2.75) is 24.3 Å². The predicted octanol–water partition coefficient (Wildman–Crippen LogP) is 0.685. The van der Waals surface area contributed by atoms with Crippen molar-refractivity contribution in [3.63, 3.8) is 0 Å². The molecule has 0 aromatic carbocycles. The molecule has 2 atom stereocenters. The van der Waals surface area contributed by atoms with Crippen molar-refractivity contribution in [2.75, 3.05) is 32.4 Å². The predicted molar refractivity (Wildman–Crippen MR) is 87.1 cm³/mol. The fourth-order valence-corrected chi connectivity index (χ4v) is 5.32. The number of likely N-dealkylation sites (tertiary alicyclic amines) is 1. The maximum absolute atomic E-state index is 12.0. The van der Waals surface area contributed by atoms with E-state index in [0.717, 1.165) is 35.4 Å². The van der Waals surface area contributed by atoms with E-state index in [1.165, 1.54) is 12.8 Å². The normalized spacial score (nSPS) is 32.1. The molecule has 20 heavy (non-hydrogen) atoms. The number of thioether (sulfide) groups is 1. The summed E-state index contributed by atoms with van der Waals surface area (Å²) in [5, 5.41) is -0.0381. The number of fused-ring (bicyclic) bond motifs is 1. The van der Waals surface area contributed by atoms with Crippen LogP contribution in [0.4, 0.5) is 0 Å². The topological polar surface area (TPSA) is 63.4 Å². The molecule has 3 aliphatic rings. The van der Waals surface area contributed by atoms with E-state index in [1.54, 1.807) is 39.3 Å². The van der Waals surface area contributed by atoms with Crippen LogP contribution in [0.25, 0.3) is 0 Å². The molecule has 5 nitrogen and oxygen atoms in total. The standard InChI is InChI=1S/C13H19IN3O2S/c1-17(4-2-3-5-17)6-8-7-20-13-9(15)12(19)16(13)10(8)11(14)18/h9,13H,2-7,15H2,1H3/q+1/t9?,13-/m1/s1. The maximum Gasteiger partial charge on any atom is 0.248 e. The lowest BCUT2D eigenvalue weighted by atomic mass is 10.0. The van der Waals surface area contributed by atoms with Gasteiger partial charge in [-0.15, -0.1) is 11.8 Å². The first-order valence-electron chi connectivity index (χ1n) is 6.89. The van der Waals surface area contributed by atoms with Crippen molar-refractivity contribution in [1.82, 2.24) is 4.90 Å². The summed E-state index contributed by atoms with van der Waals surface area (Å²) in [4.78, 5) is 25.6. The van der Waals surface area contributed by atoms with Crippen LogP contribution in [0.3, 0.4) is 0 Å². The SMILES string of the molecule is C[N+]1(CC2=C(C(=O)I)N3C(=O)C(N)[C@H]3SC2)CCCC1. The van der Waals surface area contributed by atoms with Crippen LogP contribution in [0.1, 0.15) is 12.8 Å². The van der Waals surface area contributed by atoms with Crippen molar-refractivity contribution in [2.24, 2.45) is 5.73 Å². The summed E-state index contributed by atoms with van der Waals surface area (Å²) in [5.74, 6) is 0.712. The average Bonchev–Trinajstić information content (AvgIpc) is 2.83. The molecule has 3 heterocycles. The van der Waals surface area contributed by atoms with Gasteiger partial charge in [-0.25, -0.2) is 0 Å². The molecule has 1 unspecified atom stereocenters. The summed E-state index contributed by atoms with van der Waals surface area (Å²) in [6.07, 6.45) is 2.50. The molecule has 110 valence electrons. The third-order valence-corrected chi connectivity index (χ3v) is 6.36. The van der Waals surface area contributed by atoms with Gasteiger partial charge in [-0.05, 0) is 0 Å². The molecule has 2 fully saturated rings. The first kappa shape index (κ1) is 14.8. The second kappa shape index (κ2) is 5.26. The lowest BCUT2D eigenvalue weighted by molar-refractivity contribution is -0.893. The first-order chi connectivity index (χ1) is 9.43. The molecule has 3 aliphatic heterocycles. The van der Waals surface area contributed by atoms with Crippen molar-refractivity contribution in [3.05, 3.63) is 11.3 Å². The van der Waals surface area contributed by atoms with Crippen LogP contribution in [0.15, 0.2) is 11.3 Å². The molecule has 3 rings (SSSR count). The van der Waals surface area contributed by atoms with E-state index >= 15 is 0 Å². The van der Waals surface area contributed by atoms with Gasteiger partial charge in [0, 0.05) is 46.8 Å². The van der Waals surface area contributed by atoms with Crippen LogP contribution in [0.5, 0.6) is 0 Å². The molecule has 2 N–H and O–H groups in total. The highest BCUT2D eigenvalue weighted by Gasteiger charge is 2.51. The van der Waals surface area contributed by atoms with Gasteiger partial charge in [0.15, 0.2) is 0 Å². The molecule has 1 amide bonds. The number of halogens is 1. The Labute approximate surface area is 136 Å². The number of rotatable bonds is 3. The summed E-state index contributed by atoms with van der Waals surface area (Å²) in [6, 6.07) is -0.441. The molecule has 0 saturated carbocycles. The number of carbonyl (C=O) groups excluding carboxylic acids is 2. The number of β-lactam (4-membered cyclic amide) rings is 1. The van der Waals surface area contributed by atoms with Gasteiger partial charge >= 0.3 is 0 Å². The Morgan fingerprint density at radius 2 is 2.15 bits per heavy atom. The van der Waals surface area contributed by atoms with Crippen LogP contribution in [-0.4, -0.2) is 62.9 Å². The highest BCUT2D eigenvalue weighted by atomic mass is 127. The Hall–Kier alpha value is -0.120. The smallest absolute Gasteiger partial charge is 0.248 e. The fraction of sp³-hybridized carbons (Fsp3) is 0.692. The van der Waals surface area contributed by atoms with Gasteiger partial charge in [0.05, 0.1) is 20.1 Å². The third kappa shape index (κ3) is 2.32. The minimum Gasteiger partial charge on any atom is -0.322 e.